The zero-order valence-electron chi connectivity index (χ0n) is 14.0. The van der Waals surface area contributed by atoms with E-state index in [1.54, 1.807) is 6.07 Å². The number of aromatic amines is 1. The van der Waals surface area contributed by atoms with Gasteiger partial charge in [0.25, 0.3) is 11.5 Å². The minimum Gasteiger partial charge on any atom is -0.348 e. The minimum absolute atomic E-state index is 0.182. The van der Waals surface area contributed by atoms with Crippen LogP contribution in [0.4, 0.5) is 4.39 Å². The van der Waals surface area contributed by atoms with Gasteiger partial charge in [-0.15, -0.1) is 0 Å². The molecule has 0 radical (unpaired) electrons. The molecule has 3 aromatic rings. The monoisotopic (exact) mass is 479 g/mol. The number of hydrogen-bond acceptors (Lipinski definition) is 3. The molecule has 6 nitrogen and oxygen atoms in total. The molecular weight excluding hydrogens is 464 g/mol. The highest BCUT2D eigenvalue weighted by Crippen LogP contribution is 2.07. The minimum atomic E-state index is -0.776. The van der Waals surface area contributed by atoms with Crippen molar-refractivity contribution in [3.63, 3.8) is 0 Å². The van der Waals surface area contributed by atoms with Crippen molar-refractivity contribution in [1.82, 2.24) is 14.9 Å². The van der Waals surface area contributed by atoms with Crippen molar-refractivity contribution in [2.24, 2.45) is 0 Å². The van der Waals surface area contributed by atoms with Crippen LogP contribution in [0.25, 0.3) is 0 Å². The zero-order valence-corrected chi connectivity index (χ0v) is 16.2. The summed E-state index contributed by atoms with van der Waals surface area (Å²) >= 11 is 2.18. The Balaban J connectivity index is 1.83. The molecule has 0 bridgehead atoms. The molecule has 0 saturated carbocycles. The molecule has 3 rings (SSSR count). The summed E-state index contributed by atoms with van der Waals surface area (Å²) in [6.45, 7) is -0.0271. The Morgan fingerprint density at radius 3 is 2.52 bits per heavy atom. The second-order valence-electron chi connectivity index (χ2n) is 5.80. The Morgan fingerprint density at radius 1 is 1.11 bits per heavy atom. The quantitative estimate of drug-likeness (QED) is 0.551. The summed E-state index contributed by atoms with van der Waals surface area (Å²) in [7, 11) is 0. The lowest BCUT2D eigenvalue weighted by Gasteiger charge is -2.09. The van der Waals surface area contributed by atoms with Crippen molar-refractivity contribution in [3.8, 4) is 0 Å². The van der Waals surface area contributed by atoms with Crippen LogP contribution in [0.5, 0.6) is 0 Å². The van der Waals surface area contributed by atoms with E-state index in [0.29, 0.717) is 0 Å². The Kier molecular flexibility index (Phi) is 5.84. The summed E-state index contributed by atoms with van der Waals surface area (Å²) < 4.78 is 15.7. The standard InChI is InChI=1S/C19H15FIN3O3/c20-16-4-2-1-3-13(16)11-24-18(26)15(10-23-19(24)27)17(25)22-9-12-5-7-14(21)8-6-12/h1-8,10H,9,11H2,(H,22,25)(H,23,27). The third-order valence-corrected chi connectivity index (χ3v) is 4.68. The number of nitrogens with one attached hydrogen (secondary N) is 2. The number of H-pyrrole nitrogens is 1. The van der Waals surface area contributed by atoms with Crippen LogP contribution in [0.1, 0.15) is 21.5 Å². The SMILES string of the molecule is O=C(NCc1ccc(I)cc1)c1c[nH]c(=O)n(Cc2ccccc2F)c1=O. The van der Waals surface area contributed by atoms with Gasteiger partial charge in [-0.1, -0.05) is 30.3 Å². The predicted molar refractivity (Wildman–Crippen MR) is 107 cm³/mol. The Morgan fingerprint density at radius 2 is 1.81 bits per heavy atom. The van der Waals surface area contributed by atoms with Gasteiger partial charge in [0.05, 0.1) is 6.54 Å². The normalized spacial score (nSPS) is 10.6. The van der Waals surface area contributed by atoms with Crippen LogP contribution in [0.3, 0.4) is 0 Å². The molecule has 0 saturated heterocycles. The highest BCUT2D eigenvalue weighted by molar-refractivity contribution is 14.1. The van der Waals surface area contributed by atoms with E-state index in [4.69, 9.17) is 0 Å². The van der Waals surface area contributed by atoms with E-state index < -0.39 is 23.0 Å². The van der Waals surface area contributed by atoms with Crippen molar-refractivity contribution in [2.75, 3.05) is 0 Å². The summed E-state index contributed by atoms with van der Waals surface area (Å²) in [5, 5.41) is 2.65. The van der Waals surface area contributed by atoms with Gasteiger partial charge in [-0.3, -0.25) is 14.2 Å². The van der Waals surface area contributed by atoms with Gasteiger partial charge in [-0.2, -0.15) is 0 Å². The third kappa shape index (κ3) is 4.51. The van der Waals surface area contributed by atoms with Gasteiger partial charge >= 0.3 is 5.69 Å². The summed E-state index contributed by atoms with van der Waals surface area (Å²) in [5.74, 6) is -1.14. The summed E-state index contributed by atoms with van der Waals surface area (Å²) in [6, 6.07) is 13.4. The molecule has 0 aliphatic rings. The Hall–Kier alpha value is -2.75. The average Bonchev–Trinajstić information content (AvgIpc) is 2.66. The lowest BCUT2D eigenvalue weighted by atomic mass is 10.2. The molecule has 0 spiro atoms. The van der Waals surface area contributed by atoms with Gasteiger partial charge in [0, 0.05) is 21.9 Å². The van der Waals surface area contributed by atoms with Gasteiger partial charge < -0.3 is 10.3 Å². The fourth-order valence-corrected chi connectivity index (χ4v) is 2.85. The first kappa shape index (κ1) is 19.0. The maximum absolute atomic E-state index is 13.8. The van der Waals surface area contributed by atoms with Crippen LogP contribution >= 0.6 is 22.6 Å². The van der Waals surface area contributed by atoms with Gasteiger partial charge in [0.1, 0.15) is 11.4 Å². The molecule has 0 fully saturated rings. The first-order chi connectivity index (χ1) is 13.0. The first-order valence-electron chi connectivity index (χ1n) is 8.04. The highest BCUT2D eigenvalue weighted by Gasteiger charge is 2.15. The van der Waals surface area contributed by atoms with Crippen LogP contribution in [0, 0.1) is 9.39 Å². The average molecular weight is 479 g/mol. The van der Waals surface area contributed by atoms with E-state index in [-0.39, 0.29) is 24.2 Å². The molecule has 2 aromatic carbocycles. The number of aromatic nitrogens is 2. The summed E-state index contributed by atoms with van der Waals surface area (Å²) in [5.41, 5.74) is -0.641. The Bertz CT molecular complexity index is 1090. The number of rotatable bonds is 5. The lowest BCUT2D eigenvalue weighted by molar-refractivity contribution is 0.0948. The van der Waals surface area contributed by atoms with Crippen molar-refractivity contribution >= 4 is 28.5 Å². The molecule has 1 amide bonds. The molecule has 8 heteroatoms. The number of halogens is 2. The van der Waals surface area contributed by atoms with Crippen LogP contribution in [-0.4, -0.2) is 15.5 Å². The smallest absolute Gasteiger partial charge is 0.328 e. The first-order valence-corrected chi connectivity index (χ1v) is 9.12. The number of amides is 1. The van der Waals surface area contributed by atoms with E-state index in [0.717, 1.165) is 19.9 Å². The summed E-state index contributed by atoms with van der Waals surface area (Å²) in [6.07, 6.45) is 1.08. The fraction of sp³-hybridized carbons (Fsp3) is 0.105. The third-order valence-electron chi connectivity index (χ3n) is 3.96. The lowest BCUT2D eigenvalue weighted by Crippen LogP contribution is -2.40. The maximum Gasteiger partial charge on any atom is 0.328 e. The second kappa shape index (κ2) is 8.30. The van der Waals surface area contributed by atoms with Crippen LogP contribution in [0.15, 0.2) is 64.3 Å². The number of carbonyl (C=O) groups is 1. The predicted octanol–water partition coefficient (Wildman–Crippen LogP) is 2.26. The molecule has 1 heterocycles. The Labute approximate surface area is 167 Å². The molecule has 0 aliphatic heterocycles. The van der Waals surface area contributed by atoms with Crippen molar-refractivity contribution in [1.29, 1.82) is 0 Å². The van der Waals surface area contributed by atoms with E-state index in [9.17, 15) is 18.8 Å². The van der Waals surface area contributed by atoms with E-state index in [1.807, 2.05) is 24.3 Å². The number of carbonyl (C=O) groups excluding carboxylic acids is 1. The van der Waals surface area contributed by atoms with E-state index in [1.165, 1.54) is 18.2 Å². The highest BCUT2D eigenvalue weighted by atomic mass is 127. The van der Waals surface area contributed by atoms with Crippen molar-refractivity contribution in [2.45, 2.75) is 13.1 Å². The maximum atomic E-state index is 13.8. The number of hydrogen-bond donors (Lipinski definition) is 2. The largest absolute Gasteiger partial charge is 0.348 e. The van der Waals surface area contributed by atoms with Crippen molar-refractivity contribution < 1.29 is 9.18 Å². The fourth-order valence-electron chi connectivity index (χ4n) is 2.49. The molecule has 0 atom stereocenters. The van der Waals surface area contributed by atoms with E-state index in [2.05, 4.69) is 32.9 Å². The molecule has 0 aliphatic carbocycles. The van der Waals surface area contributed by atoms with Gasteiger partial charge in [0.2, 0.25) is 0 Å². The second-order valence-corrected chi connectivity index (χ2v) is 7.04. The molecule has 2 N–H and O–H groups in total. The van der Waals surface area contributed by atoms with Gasteiger partial charge in [-0.05, 0) is 46.4 Å². The molecule has 138 valence electrons. The van der Waals surface area contributed by atoms with Gasteiger partial charge in [0.15, 0.2) is 0 Å². The van der Waals surface area contributed by atoms with Crippen LogP contribution in [-0.2, 0) is 13.1 Å². The van der Waals surface area contributed by atoms with E-state index >= 15 is 0 Å². The number of benzene rings is 2. The van der Waals surface area contributed by atoms with Gasteiger partial charge in [-0.25, -0.2) is 9.18 Å². The molecule has 0 unspecified atom stereocenters. The van der Waals surface area contributed by atoms with Crippen molar-refractivity contribution in [3.05, 3.63) is 102 Å². The zero-order chi connectivity index (χ0) is 19.4. The molecular formula is C19H15FIN3O3. The summed E-state index contributed by atoms with van der Waals surface area (Å²) in [4.78, 5) is 39.3. The van der Waals surface area contributed by atoms with Crippen LogP contribution < -0.4 is 16.6 Å². The van der Waals surface area contributed by atoms with Crippen LogP contribution in [0.2, 0.25) is 0 Å². The topological polar surface area (TPSA) is 84.0 Å². The molecule has 27 heavy (non-hydrogen) atoms. The number of nitrogens with zero attached hydrogens (tertiary/aromatic N) is 1. The molecule has 1 aromatic heterocycles.